The van der Waals surface area contributed by atoms with E-state index < -0.39 is 10.8 Å². The number of carbonyl (C=O) groups excluding carboxylic acids is 1. The Morgan fingerprint density at radius 3 is 2.72 bits per heavy atom. The molecule has 0 unspecified atom stereocenters. The van der Waals surface area contributed by atoms with Gasteiger partial charge < -0.3 is 10.1 Å². The maximum absolute atomic E-state index is 12.8. The van der Waals surface area contributed by atoms with Crippen molar-refractivity contribution in [1.29, 1.82) is 0 Å². The van der Waals surface area contributed by atoms with Crippen LogP contribution < -0.4 is 10.1 Å². The summed E-state index contributed by atoms with van der Waals surface area (Å²) in [5, 5.41) is 22.4. The molecule has 2 heterocycles. The summed E-state index contributed by atoms with van der Waals surface area (Å²) in [6, 6.07) is 7.63. The third-order valence-electron chi connectivity index (χ3n) is 4.62. The highest BCUT2D eigenvalue weighted by atomic mass is 16.6. The van der Waals surface area contributed by atoms with Crippen LogP contribution in [0.15, 0.2) is 30.5 Å². The average Bonchev–Trinajstić information content (AvgIpc) is 3.25. The number of hydrogen-bond acceptors (Lipinski definition) is 6. The molecule has 0 aliphatic heterocycles. The zero-order chi connectivity index (χ0) is 21.1. The lowest BCUT2D eigenvalue weighted by atomic mass is 10.2. The van der Waals surface area contributed by atoms with Crippen LogP contribution in [-0.2, 0) is 13.1 Å². The van der Waals surface area contributed by atoms with Crippen LogP contribution >= 0.6 is 0 Å². The van der Waals surface area contributed by atoms with Crippen LogP contribution in [0.2, 0.25) is 0 Å². The molecule has 0 fully saturated rings. The largest absolute Gasteiger partial charge is 0.497 e. The molecule has 29 heavy (non-hydrogen) atoms. The van der Waals surface area contributed by atoms with Crippen LogP contribution in [0.3, 0.4) is 0 Å². The van der Waals surface area contributed by atoms with Crippen molar-refractivity contribution in [3.05, 3.63) is 63.2 Å². The predicted molar refractivity (Wildman–Crippen MR) is 106 cm³/mol. The number of nitrogens with zero attached hydrogens (tertiary/aromatic N) is 5. The van der Waals surface area contributed by atoms with Gasteiger partial charge in [0.15, 0.2) is 0 Å². The van der Waals surface area contributed by atoms with Crippen molar-refractivity contribution in [2.45, 2.75) is 33.9 Å². The predicted octanol–water partition coefficient (Wildman–Crippen LogP) is 2.93. The highest BCUT2D eigenvalue weighted by Gasteiger charge is 2.27. The number of nitro groups is 1. The molecule has 2 aromatic heterocycles. The standard InChI is InChI=1S/C19H22N6O4/c1-5-23-18(16(10-20-23)25(27)28)19(26)21-17-12(2)22-24(13(17)3)11-14-7-6-8-15(9-14)29-4/h6-10H,5,11H2,1-4H3,(H,21,26). The first-order valence-electron chi connectivity index (χ1n) is 9.04. The van der Waals surface area contributed by atoms with Crippen molar-refractivity contribution >= 4 is 17.3 Å². The number of amides is 1. The molecular formula is C19H22N6O4. The first kappa shape index (κ1) is 20.1. The highest BCUT2D eigenvalue weighted by Crippen LogP contribution is 2.24. The van der Waals surface area contributed by atoms with Crippen molar-refractivity contribution in [2.24, 2.45) is 0 Å². The van der Waals surface area contributed by atoms with Gasteiger partial charge in [-0.25, -0.2) is 0 Å². The van der Waals surface area contributed by atoms with Gasteiger partial charge in [-0.3, -0.25) is 24.3 Å². The summed E-state index contributed by atoms with van der Waals surface area (Å²) in [6.07, 6.45) is 1.09. The summed E-state index contributed by atoms with van der Waals surface area (Å²) < 4.78 is 8.32. The fraction of sp³-hybridized carbons (Fsp3) is 0.316. The van der Waals surface area contributed by atoms with E-state index in [1.54, 1.807) is 25.6 Å². The number of nitrogens with one attached hydrogen (secondary N) is 1. The molecule has 0 saturated heterocycles. The monoisotopic (exact) mass is 398 g/mol. The number of methoxy groups -OCH3 is 1. The summed E-state index contributed by atoms with van der Waals surface area (Å²) in [6.45, 7) is 6.20. The number of aromatic nitrogens is 4. The summed E-state index contributed by atoms with van der Waals surface area (Å²) in [5.41, 5.74) is 2.46. The highest BCUT2D eigenvalue weighted by molar-refractivity contribution is 6.06. The minimum absolute atomic E-state index is 0.0863. The Morgan fingerprint density at radius 2 is 2.07 bits per heavy atom. The lowest BCUT2D eigenvalue weighted by molar-refractivity contribution is -0.385. The second-order valence-electron chi connectivity index (χ2n) is 6.46. The Kier molecular flexibility index (Phi) is 5.62. The van der Waals surface area contributed by atoms with Gasteiger partial charge in [-0.1, -0.05) is 12.1 Å². The molecule has 0 spiro atoms. The van der Waals surface area contributed by atoms with E-state index in [0.717, 1.165) is 23.2 Å². The lowest BCUT2D eigenvalue weighted by Gasteiger charge is -2.09. The molecular weight excluding hydrogens is 376 g/mol. The zero-order valence-corrected chi connectivity index (χ0v) is 16.7. The summed E-state index contributed by atoms with van der Waals surface area (Å²) in [7, 11) is 1.61. The van der Waals surface area contributed by atoms with Gasteiger partial charge in [0.25, 0.3) is 5.91 Å². The van der Waals surface area contributed by atoms with E-state index in [1.165, 1.54) is 4.68 Å². The maximum atomic E-state index is 12.8. The smallest absolute Gasteiger partial charge is 0.320 e. The van der Waals surface area contributed by atoms with Crippen molar-refractivity contribution < 1.29 is 14.5 Å². The molecule has 0 aliphatic carbocycles. The molecule has 3 rings (SSSR count). The Labute approximate surface area is 167 Å². The first-order valence-corrected chi connectivity index (χ1v) is 9.04. The summed E-state index contributed by atoms with van der Waals surface area (Å²) >= 11 is 0. The summed E-state index contributed by atoms with van der Waals surface area (Å²) in [5.74, 6) is 0.154. The molecule has 10 nitrogen and oxygen atoms in total. The Morgan fingerprint density at radius 1 is 1.31 bits per heavy atom. The average molecular weight is 398 g/mol. The van der Waals surface area contributed by atoms with Gasteiger partial charge in [0.05, 0.1) is 35.7 Å². The fourth-order valence-corrected chi connectivity index (χ4v) is 3.13. The Bertz CT molecular complexity index is 1070. The number of benzene rings is 1. The van der Waals surface area contributed by atoms with Crippen LogP contribution in [0.5, 0.6) is 5.75 Å². The third kappa shape index (κ3) is 3.96. The fourth-order valence-electron chi connectivity index (χ4n) is 3.13. The molecule has 0 radical (unpaired) electrons. The van der Waals surface area contributed by atoms with Gasteiger partial charge in [0.2, 0.25) is 5.69 Å². The van der Waals surface area contributed by atoms with E-state index in [0.29, 0.717) is 24.5 Å². The first-order chi connectivity index (χ1) is 13.8. The molecule has 0 saturated carbocycles. The SMILES string of the molecule is CCn1ncc([N+](=O)[O-])c1C(=O)Nc1c(C)nn(Cc2cccc(OC)c2)c1C. The molecule has 1 N–H and O–H groups in total. The summed E-state index contributed by atoms with van der Waals surface area (Å²) in [4.78, 5) is 23.4. The van der Waals surface area contributed by atoms with E-state index in [-0.39, 0.29) is 11.4 Å². The Balaban J connectivity index is 1.88. The quantitative estimate of drug-likeness (QED) is 0.483. The lowest BCUT2D eigenvalue weighted by Crippen LogP contribution is -2.19. The number of anilines is 1. The van der Waals surface area contributed by atoms with Crippen molar-refractivity contribution in [3.63, 3.8) is 0 Å². The zero-order valence-electron chi connectivity index (χ0n) is 16.7. The van der Waals surface area contributed by atoms with Crippen molar-refractivity contribution in [2.75, 3.05) is 12.4 Å². The van der Waals surface area contributed by atoms with Crippen LogP contribution in [0.25, 0.3) is 0 Å². The second-order valence-corrected chi connectivity index (χ2v) is 6.46. The van der Waals surface area contributed by atoms with Crippen LogP contribution in [0.4, 0.5) is 11.4 Å². The molecule has 3 aromatic rings. The van der Waals surface area contributed by atoms with Crippen molar-refractivity contribution in [1.82, 2.24) is 19.6 Å². The van der Waals surface area contributed by atoms with Crippen LogP contribution in [0.1, 0.15) is 34.4 Å². The van der Waals surface area contributed by atoms with Gasteiger partial charge in [0, 0.05) is 6.54 Å². The van der Waals surface area contributed by atoms with Gasteiger partial charge in [-0.15, -0.1) is 0 Å². The van der Waals surface area contributed by atoms with Gasteiger partial charge >= 0.3 is 5.69 Å². The minimum atomic E-state index is -0.611. The van der Waals surface area contributed by atoms with E-state index in [2.05, 4.69) is 15.5 Å². The number of ether oxygens (including phenoxy) is 1. The maximum Gasteiger partial charge on any atom is 0.320 e. The van der Waals surface area contributed by atoms with E-state index >= 15 is 0 Å². The normalized spacial score (nSPS) is 10.8. The molecule has 1 aromatic carbocycles. The molecule has 0 atom stereocenters. The topological polar surface area (TPSA) is 117 Å². The number of carbonyl (C=O) groups is 1. The third-order valence-corrected chi connectivity index (χ3v) is 4.62. The van der Waals surface area contributed by atoms with Gasteiger partial charge in [-0.2, -0.15) is 10.2 Å². The number of aryl methyl sites for hydroxylation is 2. The van der Waals surface area contributed by atoms with Crippen LogP contribution in [-0.4, -0.2) is 37.5 Å². The van der Waals surface area contributed by atoms with Crippen LogP contribution in [0, 0.1) is 24.0 Å². The molecule has 1 amide bonds. The second kappa shape index (κ2) is 8.13. The molecule has 0 aliphatic rings. The van der Waals surface area contributed by atoms with Gasteiger partial charge in [0.1, 0.15) is 11.9 Å². The minimum Gasteiger partial charge on any atom is -0.497 e. The number of hydrogen-bond donors (Lipinski definition) is 1. The van der Waals surface area contributed by atoms with E-state index in [4.69, 9.17) is 4.74 Å². The van der Waals surface area contributed by atoms with E-state index in [9.17, 15) is 14.9 Å². The number of rotatable bonds is 7. The Hall–Kier alpha value is -3.69. The van der Waals surface area contributed by atoms with Crippen molar-refractivity contribution in [3.8, 4) is 5.75 Å². The molecule has 152 valence electrons. The molecule has 10 heteroatoms. The molecule has 0 bridgehead atoms. The van der Waals surface area contributed by atoms with Gasteiger partial charge in [-0.05, 0) is 38.5 Å². The van der Waals surface area contributed by atoms with E-state index in [1.807, 2.05) is 31.2 Å².